The number of halogens is 1. The van der Waals surface area contributed by atoms with Crippen LogP contribution in [0, 0.1) is 0 Å². The molecular weight excluding hydrogens is 409 g/mol. The average Bonchev–Trinajstić information content (AvgIpc) is 3.28. The summed E-state index contributed by atoms with van der Waals surface area (Å²) in [4.78, 5) is 21.2. The van der Waals surface area contributed by atoms with E-state index < -0.39 is 24.5 Å². The first-order valence-electron chi connectivity index (χ1n) is 9.53. The number of hydrogen-bond acceptors (Lipinski definition) is 7. The second-order valence-corrected chi connectivity index (χ2v) is 8.57. The zero-order chi connectivity index (χ0) is 21.7. The van der Waals surface area contributed by atoms with E-state index in [4.69, 9.17) is 13.9 Å². The van der Waals surface area contributed by atoms with Gasteiger partial charge in [0.05, 0.1) is 0 Å². The Hall–Kier alpha value is -2.94. The number of oxazole rings is 1. The summed E-state index contributed by atoms with van der Waals surface area (Å²) in [6, 6.07) is 5.22. The van der Waals surface area contributed by atoms with Gasteiger partial charge in [-0.15, -0.1) is 0 Å². The van der Waals surface area contributed by atoms with Gasteiger partial charge in [0.1, 0.15) is 29.6 Å². The third-order valence-corrected chi connectivity index (χ3v) is 4.71. The molecule has 0 bridgehead atoms. The average molecular weight is 434 g/mol. The highest BCUT2D eigenvalue weighted by molar-refractivity contribution is 7.16. The zero-order valence-corrected chi connectivity index (χ0v) is 18.1. The van der Waals surface area contributed by atoms with Crippen LogP contribution < -0.4 is 10.1 Å². The number of carbonyl (C=O) groups excluding carboxylic acids is 1. The van der Waals surface area contributed by atoms with E-state index in [1.54, 1.807) is 57.3 Å². The summed E-state index contributed by atoms with van der Waals surface area (Å²) in [7, 11) is 0. The molecule has 1 amide bonds. The van der Waals surface area contributed by atoms with Gasteiger partial charge < -0.3 is 13.9 Å². The molecule has 0 aliphatic rings. The summed E-state index contributed by atoms with van der Waals surface area (Å²) >= 11 is 1.29. The van der Waals surface area contributed by atoms with Crippen molar-refractivity contribution in [2.45, 2.75) is 45.8 Å². The first-order valence-corrected chi connectivity index (χ1v) is 10.3. The van der Waals surface area contributed by atoms with Gasteiger partial charge >= 0.3 is 6.09 Å². The summed E-state index contributed by atoms with van der Waals surface area (Å²) in [5.74, 6) is 0.953. The topological polar surface area (TPSA) is 86.5 Å². The summed E-state index contributed by atoms with van der Waals surface area (Å²) in [6.45, 7) is 6.70. The minimum Gasteiger partial charge on any atom is -0.488 e. The molecule has 0 spiro atoms. The van der Waals surface area contributed by atoms with E-state index in [2.05, 4.69) is 15.3 Å². The van der Waals surface area contributed by atoms with Crippen LogP contribution in [0.3, 0.4) is 0 Å². The van der Waals surface area contributed by atoms with E-state index in [9.17, 15) is 9.18 Å². The SMILES string of the molecule is CCC(CF)Oc1ccc2nc(/C=C/c3cnc(NC(=O)OC(C)(C)C)s3)oc2c1. The Morgan fingerprint density at radius 1 is 1.37 bits per heavy atom. The van der Waals surface area contributed by atoms with Crippen LogP contribution in [0.5, 0.6) is 5.75 Å². The Morgan fingerprint density at radius 2 is 2.17 bits per heavy atom. The van der Waals surface area contributed by atoms with Crippen molar-refractivity contribution in [2.75, 3.05) is 12.0 Å². The van der Waals surface area contributed by atoms with Gasteiger partial charge in [0, 0.05) is 23.2 Å². The number of ether oxygens (including phenoxy) is 2. The standard InChI is InChI=1S/C21H24FN3O4S/c1-5-13(11-22)27-14-6-8-16-17(10-14)28-18(24-16)9-7-15-12-23-19(30-15)25-20(26)29-21(2,3)4/h6-10,12-13H,5,11H2,1-4H3,(H,23,25,26)/b9-7+. The number of nitrogens with one attached hydrogen (secondary N) is 1. The summed E-state index contributed by atoms with van der Waals surface area (Å²) < 4.78 is 29.4. The molecular formula is C21H24FN3O4S. The maximum atomic E-state index is 12.9. The number of anilines is 1. The molecule has 2 aromatic heterocycles. The third kappa shape index (κ3) is 6.03. The predicted molar refractivity (Wildman–Crippen MR) is 116 cm³/mol. The van der Waals surface area contributed by atoms with Crippen LogP contribution in [-0.4, -0.2) is 34.4 Å². The summed E-state index contributed by atoms with van der Waals surface area (Å²) in [5, 5.41) is 3.03. The Labute approximate surface area is 177 Å². The zero-order valence-electron chi connectivity index (χ0n) is 17.3. The van der Waals surface area contributed by atoms with Crippen LogP contribution in [0.25, 0.3) is 23.3 Å². The van der Waals surface area contributed by atoms with Crippen LogP contribution in [0.2, 0.25) is 0 Å². The van der Waals surface area contributed by atoms with Crippen LogP contribution in [0.15, 0.2) is 28.8 Å². The summed E-state index contributed by atoms with van der Waals surface area (Å²) in [6.07, 6.45) is 4.68. The Kier molecular flexibility index (Phi) is 6.71. The first-order chi connectivity index (χ1) is 14.3. The van der Waals surface area contributed by atoms with Gasteiger partial charge in [0.25, 0.3) is 0 Å². The number of alkyl halides is 1. The number of amides is 1. The highest BCUT2D eigenvalue weighted by Gasteiger charge is 2.17. The smallest absolute Gasteiger partial charge is 0.413 e. The van der Waals surface area contributed by atoms with Crippen molar-refractivity contribution >= 4 is 45.8 Å². The minimum absolute atomic E-state index is 0.412. The van der Waals surface area contributed by atoms with Gasteiger partial charge in [-0.05, 0) is 45.4 Å². The molecule has 9 heteroatoms. The first kappa shape index (κ1) is 21.8. The Morgan fingerprint density at radius 3 is 2.87 bits per heavy atom. The van der Waals surface area contributed by atoms with Crippen LogP contribution in [0.4, 0.5) is 14.3 Å². The fourth-order valence-corrected chi connectivity index (χ4v) is 3.15. The molecule has 1 N–H and O–H groups in total. The number of rotatable bonds is 7. The lowest BCUT2D eigenvalue weighted by molar-refractivity contribution is 0.0636. The Bertz CT molecular complexity index is 1030. The predicted octanol–water partition coefficient (Wildman–Crippen LogP) is 5.93. The van der Waals surface area contributed by atoms with Crippen molar-refractivity contribution in [1.82, 2.24) is 9.97 Å². The number of nitrogens with zero attached hydrogens (tertiary/aromatic N) is 2. The molecule has 30 heavy (non-hydrogen) atoms. The van der Waals surface area contributed by atoms with Crippen molar-refractivity contribution in [3.63, 3.8) is 0 Å². The monoisotopic (exact) mass is 433 g/mol. The normalized spacial score (nSPS) is 13.0. The maximum Gasteiger partial charge on any atom is 0.413 e. The molecule has 3 aromatic rings. The van der Waals surface area contributed by atoms with Gasteiger partial charge in [0.15, 0.2) is 10.7 Å². The number of thiazole rings is 1. The van der Waals surface area contributed by atoms with Crippen molar-refractivity contribution in [1.29, 1.82) is 0 Å². The van der Waals surface area contributed by atoms with Crippen LogP contribution >= 0.6 is 11.3 Å². The van der Waals surface area contributed by atoms with Gasteiger partial charge in [-0.25, -0.2) is 19.2 Å². The molecule has 0 saturated carbocycles. The van der Waals surface area contributed by atoms with E-state index in [1.165, 1.54) is 11.3 Å². The lowest BCUT2D eigenvalue weighted by Gasteiger charge is -2.18. The molecule has 160 valence electrons. The number of benzene rings is 1. The molecule has 0 aliphatic carbocycles. The fourth-order valence-electron chi connectivity index (χ4n) is 2.45. The fraction of sp³-hybridized carbons (Fsp3) is 0.381. The second kappa shape index (κ2) is 9.25. The summed E-state index contributed by atoms with van der Waals surface area (Å²) in [5.41, 5.74) is 0.648. The van der Waals surface area contributed by atoms with Gasteiger partial charge in [-0.2, -0.15) is 0 Å². The molecule has 1 aromatic carbocycles. The maximum absolute atomic E-state index is 12.9. The van der Waals surface area contributed by atoms with E-state index in [0.29, 0.717) is 34.3 Å². The van der Waals surface area contributed by atoms with Crippen LogP contribution in [-0.2, 0) is 4.74 Å². The lowest BCUT2D eigenvalue weighted by Crippen LogP contribution is -2.27. The van der Waals surface area contributed by atoms with Crippen molar-refractivity contribution < 1.29 is 23.1 Å². The van der Waals surface area contributed by atoms with Crippen molar-refractivity contribution in [2.24, 2.45) is 0 Å². The van der Waals surface area contributed by atoms with E-state index in [-0.39, 0.29) is 0 Å². The molecule has 0 saturated heterocycles. The molecule has 2 heterocycles. The molecule has 0 fully saturated rings. The Balaban J connectivity index is 1.66. The van der Waals surface area contributed by atoms with Crippen molar-refractivity contribution in [3.8, 4) is 5.75 Å². The van der Waals surface area contributed by atoms with Gasteiger partial charge in [0.2, 0.25) is 5.89 Å². The highest BCUT2D eigenvalue weighted by Crippen LogP contribution is 2.25. The number of aromatic nitrogens is 2. The second-order valence-electron chi connectivity index (χ2n) is 7.51. The quantitative estimate of drug-likeness (QED) is 0.497. The highest BCUT2D eigenvalue weighted by atomic mass is 32.1. The minimum atomic E-state index is -0.578. The van der Waals surface area contributed by atoms with E-state index >= 15 is 0 Å². The number of carbonyl (C=O) groups is 1. The number of hydrogen-bond donors (Lipinski definition) is 1. The van der Waals surface area contributed by atoms with Gasteiger partial charge in [-0.3, -0.25) is 5.32 Å². The molecule has 0 radical (unpaired) electrons. The lowest BCUT2D eigenvalue weighted by atomic mass is 10.2. The van der Waals surface area contributed by atoms with Gasteiger partial charge in [-0.1, -0.05) is 18.3 Å². The molecule has 7 nitrogen and oxygen atoms in total. The molecule has 3 rings (SSSR count). The van der Waals surface area contributed by atoms with E-state index in [0.717, 1.165) is 4.88 Å². The molecule has 1 atom stereocenters. The molecule has 0 aliphatic heterocycles. The largest absolute Gasteiger partial charge is 0.488 e. The third-order valence-electron chi connectivity index (χ3n) is 3.83. The number of fused-ring (bicyclic) bond motifs is 1. The van der Waals surface area contributed by atoms with Crippen LogP contribution in [0.1, 0.15) is 44.9 Å². The molecule has 1 unspecified atom stereocenters. The van der Waals surface area contributed by atoms with Crippen molar-refractivity contribution in [3.05, 3.63) is 35.2 Å². The van der Waals surface area contributed by atoms with E-state index in [1.807, 2.05) is 6.92 Å².